The summed E-state index contributed by atoms with van der Waals surface area (Å²) in [5, 5.41) is 8.93. The van der Waals surface area contributed by atoms with Crippen LogP contribution in [0.4, 0.5) is 4.39 Å². The second kappa shape index (κ2) is 6.25. The Morgan fingerprint density at radius 1 is 1.36 bits per heavy atom. The highest BCUT2D eigenvalue weighted by Gasteiger charge is 2.25. The summed E-state index contributed by atoms with van der Waals surface area (Å²) in [4.78, 5) is 3.82. The molecular formula is C14H15FN4O2S. The van der Waals surface area contributed by atoms with E-state index >= 15 is 0 Å². The average Bonchev–Trinajstić information content (AvgIpc) is 2.96. The molecule has 1 aromatic heterocycles. The highest BCUT2D eigenvalue weighted by atomic mass is 32.2. The molecule has 1 aromatic carbocycles. The number of aromatic nitrogens is 2. The number of rotatable bonds is 5. The van der Waals surface area contributed by atoms with Crippen molar-refractivity contribution in [3.8, 4) is 6.07 Å². The maximum atomic E-state index is 13.7. The summed E-state index contributed by atoms with van der Waals surface area (Å²) in [5.41, 5.74) is -0.0307. The van der Waals surface area contributed by atoms with Gasteiger partial charge in [-0.15, -0.1) is 0 Å². The monoisotopic (exact) mass is 322 g/mol. The summed E-state index contributed by atoms with van der Waals surface area (Å²) in [6.45, 7) is 3.76. The molecule has 22 heavy (non-hydrogen) atoms. The van der Waals surface area contributed by atoms with Crippen LogP contribution in [-0.2, 0) is 10.0 Å². The van der Waals surface area contributed by atoms with E-state index in [1.54, 1.807) is 10.6 Å². The summed E-state index contributed by atoms with van der Waals surface area (Å²) in [7, 11) is -4.02. The first-order valence-corrected chi connectivity index (χ1v) is 8.03. The number of nitrogens with one attached hydrogen (secondary N) is 1. The van der Waals surface area contributed by atoms with Gasteiger partial charge < -0.3 is 4.57 Å². The summed E-state index contributed by atoms with van der Waals surface area (Å²) in [6.07, 6.45) is 2.76. The van der Waals surface area contributed by atoms with E-state index in [4.69, 9.17) is 5.26 Å². The molecule has 0 saturated carbocycles. The van der Waals surface area contributed by atoms with Crippen LogP contribution >= 0.6 is 0 Å². The highest BCUT2D eigenvalue weighted by molar-refractivity contribution is 7.89. The van der Waals surface area contributed by atoms with Crippen LogP contribution in [-0.4, -0.2) is 18.0 Å². The Hall–Kier alpha value is -2.24. The van der Waals surface area contributed by atoms with Crippen LogP contribution in [0, 0.1) is 17.1 Å². The number of imidazole rings is 1. The minimum absolute atomic E-state index is 0.0307. The zero-order chi connectivity index (χ0) is 16.3. The SMILES string of the molecule is CC(C)n1cnc(S(=O)(=O)N[C@H](C#N)c2ccccc2F)c1. The quantitative estimate of drug-likeness (QED) is 0.913. The molecule has 0 fully saturated rings. The van der Waals surface area contributed by atoms with Crippen LogP contribution in [0.5, 0.6) is 0 Å². The van der Waals surface area contributed by atoms with Gasteiger partial charge in [-0.1, -0.05) is 18.2 Å². The molecule has 0 aliphatic rings. The number of halogens is 1. The van der Waals surface area contributed by atoms with Crippen molar-refractivity contribution in [3.63, 3.8) is 0 Å². The van der Waals surface area contributed by atoms with Crippen molar-refractivity contribution in [2.75, 3.05) is 0 Å². The summed E-state index contributed by atoms with van der Waals surface area (Å²) in [6, 6.07) is 6.00. The smallest absolute Gasteiger partial charge is 0.261 e. The van der Waals surface area contributed by atoms with Crippen molar-refractivity contribution in [3.05, 3.63) is 48.2 Å². The first-order valence-electron chi connectivity index (χ1n) is 6.55. The van der Waals surface area contributed by atoms with E-state index < -0.39 is 21.9 Å². The maximum Gasteiger partial charge on any atom is 0.261 e. The minimum atomic E-state index is -4.02. The zero-order valence-electron chi connectivity index (χ0n) is 12.1. The fourth-order valence-electron chi connectivity index (χ4n) is 1.82. The van der Waals surface area contributed by atoms with Gasteiger partial charge in [-0.25, -0.2) is 17.8 Å². The standard InChI is InChI=1S/C14H15FN4O2S/c1-10(2)19-8-14(17-9-19)22(20,21)18-13(7-16)11-5-3-4-6-12(11)15/h3-6,8-10,13,18H,1-2H3/t13-/m1/s1. The lowest BCUT2D eigenvalue weighted by molar-refractivity contribution is 0.560. The van der Waals surface area contributed by atoms with Gasteiger partial charge in [-0.2, -0.15) is 9.98 Å². The van der Waals surface area contributed by atoms with Crippen LogP contribution in [0.25, 0.3) is 0 Å². The number of nitriles is 1. The van der Waals surface area contributed by atoms with E-state index in [1.807, 2.05) is 13.8 Å². The van der Waals surface area contributed by atoms with Crippen molar-refractivity contribution >= 4 is 10.0 Å². The van der Waals surface area contributed by atoms with E-state index in [9.17, 15) is 12.8 Å². The van der Waals surface area contributed by atoms with Gasteiger partial charge in [-0.3, -0.25) is 0 Å². The molecule has 0 bridgehead atoms. The first-order chi connectivity index (χ1) is 10.3. The molecule has 0 aliphatic carbocycles. The fourth-order valence-corrected chi connectivity index (χ4v) is 2.88. The summed E-state index contributed by atoms with van der Waals surface area (Å²) < 4.78 is 42.0. The number of hydrogen-bond acceptors (Lipinski definition) is 4. The molecule has 0 aliphatic heterocycles. The van der Waals surface area contributed by atoms with Crippen LogP contribution in [0.1, 0.15) is 31.5 Å². The van der Waals surface area contributed by atoms with Gasteiger partial charge in [0.2, 0.25) is 0 Å². The Morgan fingerprint density at radius 2 is 2.05 bits per heavy atom. The van der Waals surface area contributed by atoms with Gasteiger partial charge in [0.25, 0.3) is 10.0 Å². The second-order valence-corrected chi connectivity index (χ2v) is 6.62. The lowest BCUT2D eigenvalue weighted by atomic mass is 10.1. The lowest BCUT2D eigenvalue weighted by Crippen LogP contribution is -2.28. The van der Waals surface area contributed by atoms with E-state index in [0.717, 1.165) is 0 Å². The molecule has 2 rings (SSSR count). The Labute approximate surface area is 128 Å². The molecule has 1 atom stereocenters. The Kier molecular flexibility index (Phi) is 4.59. The van der Waals surface area contributed by atoms with Crippen molar-refractivity contribution in [2.45, 2.75) is 31.0 Å². The lowest BCUT2D eigenvalue weighted by Gasteiger charge is -2.12. The van der Waals surface area contributed by atoms with Crippen LogP contribution in [0.2, 0.25) is 0 Å². The van der Waals surface area contributed by atoms with Gasteiger partial charge >= 0.3 is 0 Å². The zero-order valence-corrected chi connectivity index (χ0v) is 12.9. The van der Waals surface area contributed by atoms with Crippen LogP contribution in [0.3, 0.4) is 0 Å². The predicted molar refractivity (Wildman–Crippen MR) is 77.7 cm³/mol. The Bertz CT molecular complexity index is 808. The number of nitrogens with zero attached hydrogens (tertiary/aromatic N) is 3. The molecule has 1 heterocycles. The second-order valence-electron chi connectivity index (χ2n) is 4.96. The first kappa shape index (κ1) is 16.1. The molecule has 0 radical (unpaired) electrons. The van der Waals surface area contributed by atoms with Crippen molar-refractivity contribution < 1.29 is 12.8 Å². The van der Waals surface area contributed by atoms with E-state index in [2.05, 4.69) is 9.71 Å². The Morgan fingerprint density at radius 3 is 2.59 bits per heavy atom. The van der Waals surface area contributed by atoms with Crippen molar-refractivity contribution in [2.24, 2.45) is 0 Å². The Balaban J connectivity index is 2.30. The summed E-state index contributed by atoms with van der Waals surface area (Å²) >= 11 is 0. The molecule has 8 heteroatoms. The van der Waals surface area contributed by atoms with Gasteiger partial charge in [0.05, 0.1) is 12.4 Å². The van der Waals surface area contributed by atoms with Crippen LogP contribution in [0.15, 0.2) is 41.8 Å². The minimum Gasteiger partial charge on any atom is -0.334 e. The summed E-state index contributed by atoms with van der Waals surface area (Å²) in [5.74, 6) is -0.649. The molecule has 0 saturated heterocycles. The maximum absolute atomic E-state index is 13.7. The van der Waals surface area contributed by atoms with Crippen LogP contribution < -0.4 is 4.72 Å². The topological polar surface area (TPSA) is 87.8 Å². The largest absolute Gasteiger partial charge is 0.334 e. The van der Waals surface area contributed by atoms with E-state index in [-0.39, 0.29) is 16.6 Å². The van der Waals surface area contributed by atoms with Gasteiger partial charge in [0.15, 0.2) is 5.03 Å². The normalized spacial score (nSPS) is 13.0. The molecule has 116 valence electrons. The van der Waals surface area contributed by atoms with Gasteiger partial charge in [-0.05, 0) is 19.9 Å². The third kappa shape index (κ3) is 3.32. The van der Waals surface area contributed by atoms with Crippen molar-refractivity contribution in [1.29, 1.82) is 5.26 Å². The highest BCUT2D eigenvalue weighted by Crippen LogP contribution is 2.19. The molecule has 6 nitrogen and oxygen atoms in total. The molecule has 0 spiro atoms. The number of hydrogen-bond donors (Lipinski definition) is 1. The van der Waals surface area contributed by atoms with E-state index in [0.29, 0.717) is 0 Å². The fraction of sp³-hybridized carbons (Fsp3) is 0.286. The average molecular weight is 322 g/mol. The number of sulfonamides is 1. The van der Waals surface area contributed by atoms with Gasteiger partial charge in [0.1, 0.15) is 11.9 Å². The molecule has 2 aromatic rings. The molecule has 0 unspecified atom stereocenters. The third-order valence-electron chi connectivity index (χ3n) is 3.07. The molecule has 0 amide bonds. The van der Waals surface area contributed by atoms with Crippen molar-refractivity contribution in [1.82, 2.24) is 14.3 Å². The molecule has 1 N–H and O–H groups in total. The van der Waals surface area contributed by atoms with E-state index in [1.165, 1.54) is 36.8 Å². The predicted octanol–water partition coefficient (Wildman–Crippen LogP) is 2.15. The number of benzene rings is 1. The molecular weight excluding hydrogens is 307 g/mol. The third-order valence-corrected chi connectivity index (χ3v) is 4.38. The van der Waals surface area contributed by atoms with Gasteiger partial charge in [0, 0.05) is 17.8 Å².